The number of aryl methyl sites for hydroxylation is 3. The smallest absolute Gasteiger partial charge is 0.0897 e. The average molecular weight is 477 g/mol. The Labute approximate surface area is 215 Å². The summed E-state index contributed by atoms with van der Waals surface area (Å²) in [6.07, 6.45) is 20.5. The van der Waals surface area contributed by atoms with E-state index in [1.54, 1.807) is 5.56 Å². The van der Waals surface area contributed by atoms with Gasteiger partial charge in [-0.25, -0.2) is 0 Å². The van der Waals surface area contributed by atoms with Crippen molar-refractivity contribution >= 4 is 0 Å². The summed E-state index contributed by atoms with van der Waals surface area (Å²) in [4.78, 5) is 0. The zero-order valence-electron chi connectivity index (χ0n) is 22.3. The minimum Gasteiger partial charge on any atom is -0.251 e. The Morgan fingerprint density at radius 1 is 0.600 bits per heavy atom. The van der Waals surface area contributed by atoms with Crippen LogP contribution < -0.4 is 0 Å². The molecule has 2 aliphatic rings. The van der Waals surface area contributed by atoms with Crippen LogP contribution in [0.25, 0.3) is 0 Å². The Hall–Kier alpha value is -1.63. The van der Waals surface area contributed by atoms with Crippen LogP contribution in [0.4, 0.5) is 4.39 Å². The lowest BCUT2D eigenvalue weighted by Crippen LogP contribution is -2.25. The third kappa shape index (κ3) is 8.19. The standard InChI is InChI=1S/C34H49F/c1-2-3-4-5-6-27-7-9-28(10-8-27)11-12-29-13-17-31(18-14-29)33-21-23-34(24-22-33)32-19-15-30(16-20-32)25-26-35/h7-10,13-14,17-18,30,32-34H,2-6,11-12,15-16,19-26H2,1H3/t30-,32-,33-,34-. The second-order valence-electron chi connectivity index (χ2n) is 11.7. The van der Waals surface area contributed by atoms with Crippen molar-refractivity contribution in [3.05, 3.63) is 70.8 Å². The van der Waals surface area contributed by atoms with E-state index in [-0.39, 0.29) is 6.67 Å². The van der Waals surface area contributed by atoms with Gasteiger partial charge in [0.2, 0.25) is 0 Å². The molecule has 2 saturated carbocycles. The fraction of sp³-hybridized carbons (Fsp3) is 0.647. The summed E-state index contributed by atoms with van der Waals surface area (Å²) >= 11 is 0. The first-order valence-corrected chi connectivity index (χ1v) is 15.0. The Morgan fingerprint density at radius 2 is 1.11 bits per heavy atom. The third-order valence-electron chi connectivity index (χ3n) is 9.34. The van der Waals surface area contributed by atoms with Gasteiger partial charge < -0.3 is 0 Å². The second kappa shape index (κ2) is 14.2. The molecular formula is C34H49F. The van der Waals surface area contributed by atoms with Crippen molar-refractivity contribution in [3.8, 4) is 0 Å². The molecule has 0 aromatic heterocycles. The molecule has 4 rings (SSSR count). The van der Waals surface area contributed by atoms with Gasteiger partial charge in [-0.15, -0.1) is 0 Å². The topological polar surface area (TPSA) is 0 Å². The molecule has 0 atom stereocenters. The Bertz CT molecular complexity index is 820. The molecule has 2 aromatic rings. The maximum absolute atomic E-state index is 12.6. The van der Waals surface area contributed by atoms with E-state index in [0.29, 0.717) is 5.92 Å². The quantitative estimate of drug-likeness (QED) is 0.267. The van der Waals surface area contributed by atoms with Crippen LogP contribution in [0, 0.1) is 17.8 Å². The molecule has 0 saturated heterocycles. The highest BCUT2D eigenvalue weighted by Crippen LogP contribution is 2.44. The summed E-state index contributed by atoms with van der Waals surface area (Å²) in [6.45, 7) is 2.16. The molecule has 1 heteroatoms. The molecule has 0 N–H and O–H groups in total. The molecule has 2 aliphatic carbocycles. The lowest BCUT2D eigenvalue weighted by atomic mass is 9.68. The molecule has 0 nitrogen and oxygen atoms in total. The summed E-state index contributed by atoms with van der Waals surface area (Å²) in [5, 5.41) is 0. The first kappa shape index (κ1) is 26.4. The highest BCUT2D eigenvalue weighted by Gasteiger charge is 2.31. The van der Waals surface area contributed by atoms with Crippen molar-refractivity contribution < 1.29 is 4.39 Å². The number of unbranched alkanes of at least 4 members (excludes halogenated alkanes) is 3. The van der Waals surface area contributed by atoms with E-state index in [9.17, 15) is 4.39 Å². The minimum absolute atomic E-state index is 0.119. The summed E-state index contributed by atoms with van der Waals surface area (Å²) in [6, 6.07) is 19.0. The van der Waals surface area contributed by atoms with Crippen molar-refractivity contribution in [2.75, 3.05) is 6.67 Å². The molecule has 35 heavy (non-hydrogen) atoms. The van der Waals surface area contributed by atoms with Gasteiger partial charge in [0.1, 0.15) is 0 Å². The van der Waals surface area contributed by atoms with Crippen molar-refractivity contribution in [3.63, 3.8) is 0 Å². The van der Waals surface area contributed by atoms with E-state index in [1.807, 2.05) is 0 Å². The van der Waals surface area contributed by atoms with Crippen molar-refractivity contribution in [2.24, 2.45) is 17.8 Å². The number of benzene rings is 2. The van der Waals surface area contributed by atoms with Crippen LogP contribution in [0.15, 0.2) is 48.5 Å². The second-order valence-corrected chi connectivity index (χ2v) is 11.7. The van der Waals surface area contributed by atoms with Gasteiger partial charge in [-0.1, -0.05) is 87.6 Å². The number of halogens is 1. The van der Waals surface area contributed by atoms with Gasteiger partial charge >= 0.3 is 0 Å². The predicted octanol–water partition coefficient (Wildman–Crippen LogP) is 10.0. The monoisotopic (exact) mass is 476 g/mol. The van der Waals surface area contributed by atoms with Crippen molar-refractivity contribution in [1.29, 1.82) is 0 Å². The lowest BCUT2D eigenvalue weighted by molar-refractivity contribution is 0.153. The zero-order chi connectivity index (χ0) is 24.3. The predicted molar refractivity (Wildman–Crippen MR) is 149 cm³/mol. The number of alkyl halides is 1. The third-order valence-corrected chi connectivity index (χ3v) is 9.34. The van der Waals surface area contributed by atoms with Gasteiger partial charge in [0.15, 0.2) is 0 Å². The van der Waals surface area contributed by atoms with Crippen LogP contribution in [-0.4, -0.2) is 6.67 Å². The average Bonchev–Trinajstić information content (AvgIpc) is 2.92. The SMILES string of the molecule is CCCCCCc1ccc(CCc2ccc([C@H]3CC[C@H]([C@H]4CC[C@H](CCF)CC4)CC3)cc2)cc1. The molecule has 0 amide bonds. The maximum atomic E-state index is 12.6. The first-order chi connectivity index (χ1) is 17.2. The van der Waals surface area contributed by atoms with E-state index in [2.05, 4.69) is 55.5 Å². The van der Waals surface area contributed by atoms with E-state index < -0.39 is 0 Å². The van der Waals surface area contributed by atoms with Crippen LogP contribution in [0.2, 0.25) is 0 Å². The van der Waals surface area contributed by atoms with Gasteiger partial charge in [0.05, 0.1) is 6.67 Å². The van der Waals surface area contributed by atoms with Crippen LogP contribution in [0.5, 0.6) is 0 Å². The molecule has 192 valence electrons. The Balaban J connectivity index is 1.17. The molecule has 0 aliphatic heterocycles. The van der Waals surface area contributed by atoms with Gasteiger partial charge in [-0.3, -0.25) is 4.39 Å². The lowest BCUT2D eigenvalue weighted by Gasteiger charge is -2.38. The Morgan fingerprint density at radius 3 is 1.66 bits per heavy atom. The highest BCUT2D eigenvalue weighted by molar-refractivity contribution is 5.28. The van der Waals surface area contributed by atoms with Gasteiger partial charge in [0.25, 0.3) is 0 Å². The van der Waals surface area contributed by atoms with Crippen LogP contribution in [-0.2, 0) is 19.3 Å². The number of rotatable bonds is 12. The largest absolute Gasteiger partial charge is 0.251 e. The Kier molecular flexibility index (Phi) is 10.7. The zero-order valence-corrected chi connectivity index (χ0v) is 22.3. The summed E-state index contributed by atoms with van der Waals surface area (Å²) in [7, 11) is 0. The summed E-state index contributed by atoms with van der Waals surface area (Å²) in [5.41, 5.74) is 5.99. The van der Waals surface area contributed by atoms with Gasteiger partial charge in [0, 0.05) is 0 Å². The maximum Gasteiger partial charge on any atom is 0.0897 e. The van der Waals surface area contributed by atoms with E-state index in [1.165, 1.54) is 100 Å². The molecule has 2 aromatic carbocycles. The van der Waals surface area contributed by atoms with Crippen LogP contribution >= 0.6 is 0 Å². The molecule has 0 spiro atoms. The normalized spacial score (nSPS) is 25.0. The molecule has 2 fully saturated rings. The fourth-order valence-electron chi connectivity index (χ4n) is 6.90. The highest BCUT2D eigenvalue weighted by atomic mass is 19.1. The fourth-order valence-corrected chi connectivity index (χ4v) is 6.90. The number of hydrogen-bond donors (Lipinski definition) is 0. The van der Waals surface area contributed by atoms with E-state index in [4.69, 9.17) is 0 Å². The first-order valence-electron chi connectivity index (χ1n) is 15.0. The molecule has 0 unspecified atom stereocenters. The molecule has 0 radical (unpaired) electrons. The molecule has 0 heterocycles. The molecular weight excluding hydrogens is 427 g/mol. The van der Waals surface area contributed by atoms with Crippen molar-refractivity contribution in [2.45, 2.75) is 116 Å². The molecule has 0 bridgehead atoms. The van der Waals surface area contributed by atoms with E-state index in [0.717, 1.165) is 37.0 Å². The minimum atomic E-state index is -0.119. The summed E-state index contributed by atoms with van der Waals surface area (Å²) in [5.74, 6) is 3.28. The van der Waals surface area contributed by atoms with Gasteiger partial charge in [-0.05, 0) is 117 Å². The van der Waals surface area contributed by atoms with Crippen LogP contribution in [0.1, 0.15) is 119 Å². The van der Waals surface area contributed by atoms with Crippen molar-refractivity contribution in [1.82, 2.24) is 0 Å². The van der Waals surface area contributed by atoms with E-state index >= 15 is 0 Å². The van der Waals surface area contributed by atoms with Gasteiger partial charge in [-0.2, -0.15) is 0 Å². The summed E-state index contributed by atoms with van der Waals surface area (Å²) < 4.78 is 12.6. The van der Waals surface area contributed by atoms with Crippen LogP contribution in [0.3, 0.4) is 0 Å². The number of hydrogen-bond acceptors (Lipinski definition) is 0.